The van der Waals surface area contributed by atoms with Gasteiger partial charge in [0.15, 0.2) is 0 Å². The Morgan fingerprint density at radius 3 is 2.65 bits per heavy atom. The third-order valence-corrected chi connectivity index (χ3v) is 5.73. The van der Waals surface area contributed by atoms with Gasteiger partial charge < -0.3 is 4.90 Å². The van der Waals surface area contributed by atoms with Crippen LogP contribution in [0.5, 0.6) is 0 Å². The van der Waals surface area contributed by atoms with E-state index in [-0.39, 0.29) is 10.6 Å². The Bertz CT molecular complexity index is 687. The van der Waals surface area contributed by atoms with Gasteiger partial charge in [0.25, 0.3) is 5.69 Å². The molecule has 0 N–H and O–H groups in total. The van der Waals surface area contributed by atoms with Crippen molar-refractivity contribution < 1.29 is 4.92 Å². The van der Waals surface area contributed by atoms with Gasteiger partial charge in [-0.15, -0.1) is 11.3 Å². The molecule has 2 heterocycles. The molecule has 1 aliphatic heterocycles. The third-order valence-electron chi connectivity index (χ3n) is 4.15. The number of benzene rings is 1. The Labute approximate surface area is 147 Å². The van der Waals surface area contributed by atoms with Crippen LogP contribution in [0.15, 0.2) is 34.2 Å². The molecule has 0 saturated carbocycles. The highest BCUT2D eigenvalue weighted by Crippen LogP contribution is 2.32. The number of halogens is 1. The van der Waals surface area contributed by atoms with Crippen LogP contribution in [0.3, 0.4) is 0 Å². The zero-order valence-corrected chi connectivity index (χ0v) is 15.1. The van der Waals surface area contributed by atoms with Gasteiger partial charge in [0.2, 0.25) is 0 Å². The Morgan fingerprint density at radius 2 is 2.09 bits per heavy atom. The molecule has 0 bridgehead atoms. The van der Waals surface area contributed by atoms with Crippen molar-refractivity contribution in [2.24, 2.45) is 0 Å². The lowest BCUT2D eigenvalue weighted by atomic mass is 10.2. The van der Waals surface area contributed by atoms with E-state index in [1.165, 1.54) is 0 Å². The van der Waals surface area contributed by atoms with E-state index in [9.17, 15) is 10.1 Å². The average molecular weight is 397 g/mol. The van der Waals surface area contributed by atoms with Gasteiger partial charge in [-0.2, -0.15) is 0 Å². The van der Waals surface area contributed by atoms with E-state index in [1.54, 1.807) is 23.5 Å². The third kappa shape index (κ3) is 3.54. The predicted octanol–water partition coefficient (Wildman–Crippen LogP) is 3.70. The summed E-state index contributed by atoms with van der Waals surface area (Å²) in [6, 6.07) is 5.28. The molecule has 23 heavy (non-hydrogen) atoms. The van der Waals surface area contributed by atoms with Crippen molar-refractivity contribution in [3.63, 3.8) is 0 Å². The molecule has 122 valence electrons. The number of hydrogen-bond donors (Lipinski definition) is 0. The quantitative estimate of drug-likeness (QED) is 0.582. The molecule has 1 fully saturated rings. The summed E-state index contributed by atoms with van der Waals surface area (Å²) >= 11 is 5.15. The number of anilines is 1. The molecule has 1 aromatic carbocycles. The molecule has 2 aromatic rings. The Morgan fingerprint density at radius 1 is 1.35 bits per heavy atom. The normalized spacial score (nSPS) is 17.2. The molecule has 8 heteroatoms. The Hall–Kier alpha value is -1.51. The first-order chi connectivity index (χ1) is 11.1. The van der Waals surface area contributed by atoms with Gasteiger partial charge in [-0.25, -0.2) is 4.98 Å². The fourth-order valence-corrected chi connectivity index (χ4v) is 4.16. The van der Waals surface area contributed by atoms with E-state index in [0.29, 0.717) is 6.04 Å². The molecule has 0 radical (unpaired) electrons. The van der Waals surface area contributed by atoms with Crippen LogP contribution < -0.4 is 4.90 Å². The highest BCUT2D eigenvalue weighted by Gasteiger charge is 2.24. The average Bonchev–Trinajstić information content (AvgIpc) is 3.08. The lowest BCUT2D eigenvalue weighted by Crippen LogP contribution is -2.47. The molecule has 3 rings (SSSR count). The van der Waals surface area contributed by atoms with Gasteiger partial charge >= 0.3 is 0 Å². The maximum absolute atomic E-state index is 10.8. The SMILES string of the molecule is CC(c1nccs1)N1CCN(c2ccc([N+](=O)[O-])cc2Br)CC1. The molecular weight excluding hydrogens is 380 g/mol. The first-order valence-electron chi connectivity index (χ1n) is 7.38. The van der Waals surface area contributed by atoms with Crippen LogP contribution in [0.2, 0.25) is 0 Å². The fraction of sp³-hybridized carbons (Fsp3) is 0.400. The topological polar surface area (TPSA) is 62.5 Å². The molecule has 0 amide bonds. The summed E-state index contributed by atoms with van der Waals surface area (Å²) < 4.78 is 0.771. The number of aromatic nitrogens is 1. The minimum absolute atomic E-state index is 0.108. The largest absolute Gasteiger partial charge is 0.368 e. The van der Waals surface area contributed by atoms with Crippen molar-refractivity contribution in [1.29, 1.82) is 0 Å². The van der Waals surface area contributed by atoms with Gasteiger partial charge in [0, 0.05) is 54.4 Å². The molecule has 6 nitrogen and oxygen atoms in total. The summed E-state index contributed by atoms with van der Waals surface area (Å²) in [5, 5.41) is 14.0. The second kappa shape index (κ2) is 6.94. The van der Waals surface area contributed by atoms with Crippen LogP contribution in [0.1, 0.15) is 18.0 Å². The van der Waals surface area contributed by atoms with Gasteiger partial charge in [-0.3, -0.25) is 15.0 Å². The number of nitrogens with zero attached hydrogens (tertiary/aromatic N) is 4. The number of nitro benzene ring substituents is 1. The number of piperazine rings is 1. The molecule has 0 aliphatic carbocycles. The first kappa shape index (κ1) is 16.4. The van der Waals surface area contributed by atoms with Crippen LogP contribution in [0.25, 0.3) is 0 Å². The molecule has 1 unspecified atom stereocenters. The number of rotatable bonds is 4. The number of hydrogen-bond acceptors (Lipinski definition) is 6. The van der Waals surface area contributed by atoms with Crippen molar-refractivity contribution in [2.45, 2.75) is 13.0 Å². The van der Waals surface area contributed by atoms with Crippen molar-refractivity contribution in [1.82, 2.24) is 9.88 Å². The smallest absolute Gasteiger partial charge is 0.270 e. The number of nitro groups is 1. The van der Waals surface area contributed by atoms with Crippen LogP contribution in [-0.4, -0.2) is 41.0 Å². The van der Waals surface area contributed by atoms with E-state index >= 15 is 0 Å². The highest BCUT2D eigenvalue weighted by molar-refractivity contribution is 9.10. The number of thiazole rings is 1. The second-order valence-electron chi connectivity index (χ2n) is 5.46. The summed E-state index contributed by atoms with van der Waals surface area (Å²) in [7, 11) is 0. The van der Waals surface area contributed by atoms with Crippen LogP contribution >= 0.6 is 27.3 Å². The van der Waals surface area contributed by atoms with Gasteiger partial charge in [-0.05, 0) is 28.9 Å². The van der Waals surface area contributed by atoms with E-state index in [1.807, 2.05) is 17.6 Å². The lowest BCUT2D eigenvalue weighted by molar-refractivity contribution is -0.384. The minimum Gasteiger partial charge on any atom is -0.368 e. The van der Waals surface area contributed by atoms with Gasteiger partial charge in [0.1, 0.15) is 5.01 Å². The maximum atomic E-state index is 10.8. The summed E-state index contributed by atoms with van der Waals surface area (Å²) in [5.41, 5.74) is 1.12. The van der Waals surface area contributed by atoms with Crippen LogP contribution in [-0.2, 0) is 0 Å². The molecule has 1 aromatic heterocycles. The first-order valence-corrected chi connectivity index (χ1v) is 9.06. The van der Waals surface area contributed by atoms with E-state index in [2.05, 4.69) is 37.6 Å². The standard InChI is InChI=1S/C15H17BrN4O2S/c1-11(15-17-4-9-23-15)18-5-7-19(8-6-18)14-3-2-12(20(21)22)10-13(14)16/h2-4,9-11H,5-8H2,1H3. The minimum atomic E-state index is -0.373. The molecule has 0 spiro atoms. The molecular formula is C15H17BrN4O2S. The van der Waals surface area contributed by atoms with Crippen LogP contribution in [0, 0.1) is 10.1 Å². The summed E-state index contributed by atoms with van der Waals surface area (Å²) in [5.74, 6) is 0. The molecule has 1 aliphatic rings. The monoisotopic (exact) mass is 396 g/mol. The van der Waals surface area contributed by atoms with E-state index in [0.717, 1.165) is 41.3 Å². The van der Waals surface area contributed by atoms with E-state index < -0.39 is 0 Å². The van der Waals surface area contributed by atoms with Gasteiger partial charge in [-0.1, -0.05) is 0 Å². The molecule has 1 atom stereocenters. The molecule has 1 saturated heterocycles. The maximum Gasteiger partial charge on any atom is 0.270 e. The van der Waals surface area contributed by atoms with Gasteiger partial charge in [0.05, 0.1) is 16.7 Å². The Kier molecular flexibility index (Phi) is 4.93. The van der Waals surface area contributed by atoms with Crippen LogP contribution in [0.4, 0.5) is 11.4 Å². The van der Waals surface area contributed by atoms with Crippen molar-refractivity contribution in [3.8, 4) is 0 Å². The van der Waals surface area contributed by atoms with Crippen molar-refractivity contribution in [3.05, 3.63) is 49.4 Å². The zero-order valence-electron chi connectivity index (χ0n) is 12.7. The summed E-state index contributed by atoms with van der Waals surface area (Å²) in [6.45, 7) is 5.88. The van der Waals surface area contributed by atoms with Crippen molar-refractivity contribution >= 4 is 38.6 Å². The second-order valence-corrected chi connectivity index (χ2v) is 7.24. The van der Waals surface area contributed by atoms with E-state index in [4.69, 9.17) is 0 Å². The fourth-order valence-electron chi connectivity index (χ4n) is 2.81. The zero-order chi connectivity index (χ0) is 16.4. The highest BCUT2D eigenvalue weighted by atomic mass is 79.9. The Balaban J connectivity index is 1.66. The summed E-state index contributed by atoms with van der Waals surface area (Å²) in [4.78, 5) is 19.5. The van der Waals surface area contributed by atoms with Crippen molar-refractivity contribution in [2.75, 3.05) is 31.1 Å². The number of non-ortho nitro benzene ring substituents is 1. The lowest BCUT2D eigenvalue weighted by Gasteiger charge is -2.38. The summed E-state index contributed by atoms with van der Waals surface area (Å²) in [6.07, 6.45) is 1.85. The predicted molar refractivity (Wildman–Crippen MR) is 95.1 cm³/mol.